The highest BCUT2D eigenvalue weighted by Crippen LogP contribution is 2.01. The second-order valence-electron chi connectivity index (χ2n) is 2.21. The Morgan fingerprint density at radius 2 is 2.42 bits per heavy atom. The Bertz CT molecular complexity index is 477. The van der Waals surface area contributed by atoms with Crippen molar-refractivity contribution < 1.29 is 5.21 Å². The fourth-order valence-corrected chi connectivity index (χ4v) is 0.914. The van der Waals surface area contributed by atoms with Crippen LogP contribution in [0.1, 0.15) is 0 Å². The van der Waals surface area contributed by atoms with E-state index in [0.29, 0.717) is 5.52 Å². The molecule has 0 unspecified atom stereocenters. The number of aromatic nitrogens is 3. The van der Waals surface area contributed by atoms with Crippen LogP contribution < -0.4 is 5.56 Å². The smallest absolute Gasteiger partial charge is 0.314 e. The summed E-state index contributed by atoms with van der Waals surface area (Å²) in [6, 6.07) is 7.56. The Labute approximate surface area is 66.8 Å². The molecule has 12 heavy (non-hydrogen) atoms. The van der Waals surface area contributed by atoms with Crippen LogP contribution in [0.15, 0.2) is 23.0 Å². The van der Waals surface area contributed by atoms with Gasteiger partial charge in [-0.25, -0.2) is 0 Å². The molecule has 0 aliphatic carbocycles. The average molecular weight is 162 g/mol. The second kappa shape index (κ2) is 2.30. The Kier molecular flexibility index (Phi) is 1.30. The molecule has 1 aromatic heterocycles. The van der Waals surface area contributed by atoms with Gasteiger partial charge >= 0.3 is 5.56 Å². The van der Waals surface area contributed by atoms with Crippen LogP contribution in [0.25, 0.3) is 10.9 Å². The maximum absolute atomic E-state index is 11.1. The minimum absolute atomic E-state index is 0.193. The van der Waals surface area contributed by atoms with Crippen molar-refractivity contribution in [2.45, 2.75) is 0 Å². The molecule has 0 spiro atoms. The molecule has 1 aromatic carbocycles. The lowest BCUT2D eigenvalue weighted by Crippen LogP contribution is -2.21. The van der Waals surface area contributed by atoms with Crippen LogP contribution in [-0.2, 0) is 0 Å². The Hall–Kier alpha value is -1.91. The molecule has 0 amide bonds. The van der Waals surface area contributed by atoms with Gasteiger partial charge in [0.1, 0.15) is 5.52 Å². The molecule has 0 bridgehead atoms. The zero-order valence-corrected chi connectivity index (χ0v) is 5.93. The minimum Gasteiger partial charge on any atom is -0.407 e. The zero-order chi connectivity index (χ0) is 8.55. The van der Waals surface area contributed by atoms with E-state index in [0.717, 1.165) is 0 Å². The largest absolute Gasteiger partial charge is 0.407 e. The van der Waals surface area contributed by atoms with E-state index >= 15 is 0 Å². The highest BCUT2D eigenvalue weighted by Gasteiger charge is 2.01. The van der Waals surface area contributed by atoms with Gasteiger partial charge in [-0.2, -0.15) is 0 Å². The highest BCUT2D eigenvalue weighted by atomic mass is 16.5. The van der Waals surface area contributed by atoms with Crippen molar-refractivity contribution in [2.75, 3.05) is 0 Å². The summed E-state index contributed by atoms with van der Waals surface area (Å²) in [4.78, 5) is 11.3. The number of rotatable bonds is 0. The first-order valence-electron chi connectivity index (χ1n) is 3.25. The van der Waals surface area contributed by atoms with Gasteiger partial charge in [0.15, 0.2) is 0 Å². The van der Waals surface area contributed by atoms with Crippen LogP contribution in [0.3, 0.4) is 0 Å². The molecule has 1 radical (unpaired) electrons. The van der Waals surface area contributed by atoms with E-state index in [-0.39, 0.29) is 10.2 Å². The lowest BCUT2D eigenvalue weighted by molar-refractivity contribution is 0.127. The van der Waals surface area contributed by atoms with Crippen molar-refractivity contribution in [3.63, 3.8) is 0 Å². The van der Waals surface area contributed by atoms with Gasteiger partial charge in [0.2, 0.25) is 0 Å². The summed E-state index contributed by atoms with van der Waals surface area (Å²) in [6.07, 6.45) is 0. The van der Waals surface area contributed by atoms with Crippen LogP contribution >= 0.6 is 0 Å². The average Bonchev–Trinajstić information content (AvgIpc) is 2.12. The van der Waals surface area contributed by atoms with Crippen molar-refractivity contribution in [3.05, 3.63) is 34.6 Å². The van der Waals surface area contributed by atoms with Gasteiger partial charge < -0.3 is 5.21 Å². The molecule has 2 aromatic rings. The molecule has 1 heterocycles. The molecule has 0 atom stereocenters. The maximum atomic E-state index is 11.1. The predicted octanol–water partition coefficient (Wildman–Crippen LogP) is -0.171. The topological polar surface area (TPSA) is 68.0 Å². The fourth-order valence-electron chi connectivity index (χ4n) is 0.914. The summed E-state index contributed by atoms with van der Waals surface area (Å²) in [5.74, 6) is 0. The second-order valence-corrected chi connectivity index (χ2v) is 2.21. The first-order chi connectivity index (χ1) is 5.79. The first-order valence-corrected chi connectivity index (χ1v) is 3.25. The highest BCUT2D eigenvalue weighted by molar-refractivity contribution is 5.75. The van der Waals surface area contributed by atoms with E-state index in [9.17, 15) is 4.79 Å². The van der Waals surface area contributed by atoms with Crippen LogP contribution in [0.5, 0.6) is 0 Å². The van der Waals surface area contributed by atoms with Gasteiger partial charge in [0.25, 0.3) is 0 Å². The molecule has 0 saturated heterocycles. The van der Waals surface area contributed by atoms with E-state index in [1.165, 1.54) is 0 Å². The monoisotopic (exact) mass is 162 g/mol. The summed E-state index contributed by atoms with van der Waals surface area (Å²) in [7, 11) is 0. The molecule has 0 aliphatic rings. The van der Waals surface area contributed by atoms with E-state index in [2.05, 4.69) is 16.4 Å². The number of hydrogen-bond donors (Lipinski definition) is 1. The van der Waals surface area contributed by atoms with Crippen molar-refractivity contribution in [3.8, 4) is 0 Å². The number of benzene rings is 1. The summed E-state index contributed by atoms with van der Waals surface area (Å²) in [5, 5.41) is 15.8. The van der Waals surface area contributed by atoms with Gasteiger partial charge in [-0.15, -0.1) is 5.10 Å². The Morgan fingerprint density at radius 1 is 1.58 bits per heavy atom. The summed E-state index contributed by atoms with van der Waals surface area (Å²) in [5.41, 5.74) is -0.187. The van der Waals surface area contributed by atoms with Crippen molar-refractivity contribution in [1.82, 2.24) is 15.2 Å². The van der Waals surface area contributed by atoms with Gasteiger partial charge in [-0.05, 0) is 22.2 Å². The minimum atomic E-state index is -0.611. The molecule has 5 heteroatoms. The first kappa shape index (κ1) is 6.78. The molecule has 2 rings (SSSR count). The number of hydrogen-bond acceptors (Lipinski definition) is 4. The van der Waals surface area contributed by atoms with E-state index in [4.69, 9.17) is 5.21 Å². The van der Waals surface area contributed by atoms with Crippen LogP contribution in [0.4, 0.5) is 0 Å². The van der Waals surface area contributed by atoms with Crippen LogP contribution in [0, 0.1) is 6.07 Å². The van der Waals surface area contributed by atoms with Gasteiger partial charge in [0, 0.05) is 0 Å². The van der Waals surface area contributed by atoms with Crippen molar-refractivity contribution in [1.29, 1.82) is 0 Å². The summed E-state index contributed by atoms with van der Waals surface area (Å²) < 4.78 is 0. The van der Waals surface area contributed by atoms with Crippen molar-refractivity contribution in [2.24, 2.45) is 0 Å². The molecule has 59 valence electrons. The maximum Gasteiger partial charge on any atom is 0.314 e. The lowest BCUT2D eigenvalue weighted by Gasteiger charge is -1.94. The van der Waals surface area contributed by atoms with Crippen LogP contribution in [0.2, 0.25) is 0 Å². The van der Waals surface area contributed by atoms with E-state index in [1.807, 2.05) is 0 Å². The quantitative estimate of drug-likeness (QED) is 0.546. The van der Waals surface area contributed by atoms with Crippen molar-refractivity contribution >= 4 is 10.9 Å². The third-order valence-electron chi connectivity index (χ3n) is 1.47. The normalized spacial score (nSPS) is 10.3. The molecular formula is C7H4N3O2. The summed E-state index contributed by atoms with van der Waals surface area (Å²) in [6.45, 7) is 0. The fraction of sp³-hybridized carbons (Fsp3) is 0. The SMILES string of the molecule is O=c1c2[c]cccc2nnn1O. The molecule has 0 aliphatic heterocycles. The molecule has 5 nitrogen and oxygen atoms in total. The standard InChI is InChI=1S/C7H4N3O2/c11-7-5-3-1-2-4-6(5)8-9-10(7)12/h1-2,4,12H. The summed E-state index contributed by atoms with van der Waals surface area (Å²) >= 11 is 0. The Morgan fingerprint density at radius 3 is 3.25 bits per heavy atom. The molecule has 1 N–H and O–H groups in total. The van der Waals surface area contributed by atoms with E-state index < -0.39 is 5.56 Å². The molecule has 0 saturated carbocycles. The van der Waals surface area contributed by atoms with Gasteiger partial charge in [-0.3, -0.25) is 4.79 Å². The van der Waals surface area contributed by atoms with Crippen LogP contribution in [-0.4, -0.2) is 20.4 Å². The molecular weight excluding hydrogens is 158 g/mol. The zero-order valence-electron chi connectivity index (χ0n) is 5.93. The van der Waals surface area contributed by atoms with Gasteiger partial charge in [0.05, 0.1) is 5.39 Å². The number of nitrogens with zero attached hydrogens (tertiary/aromatic N) is 3. The molecule has 0 fully saturated rings. The lowest BCUT2D eigenvalue weighted by atomic mass is 10.2. The van der Waals surface area contributed by atoms with E-state index in [1.54, 1.807) is 18.2 Å². The Balaban J connectivity index is 3.01. The third kappa shape index (κ3) is 0.833. The van der Waals surface area contributed by atoms with Gasteiger partial charge in [-0.1, -0.05) is 12.1 Å². The number of fused-ring (bicyclic) bond motifs is 1. The third-order valence-corrected chi connectivity index (χ3v) is 1.47. The predicted molar refractivity (Wildman–Crippen MR) is 39.8 cm³/mol.